The molecule has 2 rings (SSSR count). The van der Waals surface area contributed by atoms with E-state index in [2.05, 4.69) is 10.9 Å². The van der Waals surface area contributed by atoms with Crippen molar-refractivity contribution in [2.24, 2.45) is 0 Å². The smallest absolute Gasteiger partial charge is 0.242 e. The number of hydrazine groups is 1. The highest BCUT2D eigenvalue weighted by Crippen LogP contribution is 2.16. The Morgan fingerprint density at radius 3 is 2.30 bits per heavy atom. The van der Waals surface area contributed by atoms with E-state index in [1.54, 1.807) is 24.3 Å². The minimum atomic E-state index is -0.396. The lowest BCUT2D eigenvalue weighted by molar-refractivity contribution is -0.128. The minimum absolute atomic E-state index is 0.0417. The van der Waals surface area contributed by atoms with Crippen molar-refractivity contribution in [2.75, 3.05) is 0 Å². The highest BCUT2D eigenvalue weighted by molar-refractivity contribution is 5.83. The number of para-hydroxylation sites is 1. The summed E-state index contributed by atoms with van der Waals surface area (Å²) in [5.74, 6) is -0.986. The van der Waals surface area contributed by atoms with E-state index in [1.165, 1.54) is 24.3 Å². The molecule has 5 nitrogen and oxygen atoms in total. The van der Waals surface area contributed by atoms with E-state index in [-0.39, 0.29) is 30.3 Å². The Kier molecular flexibility index (Phi) is 5.68. The van der Waals surface area contributed by atoms with E-state index in [0.717, 1.165) is 0 Å². The summed E-state index contributed by atoms with van der Waals surface area (Å²) in [6, 6.07) is 12.3. The predicted molar refractivity (Wildman–Crippen MR) is 82.8 cm³/mol. The second-order valence-corrected chi connectivity index (χ2v) is 5.03. The first kappa shape index (κ1) is 16.5. The Bertz CT molecular complexity index is 686. The van der Waals surface area contributed by atoms with Crippen molar-refractivity contribution >= 4 is 11.8 Å². The zero-order valence-corrected chi connectivity index (χ0v) is 12.4. The number of rotatable bonds is 5. The number of halogens is 1. The maximum atomic E-state index is 12.8. The van der Waals surface area contributed by atoms with Gasteiger partial charge in [-0.2, -0.15) is 0 Å². The molecule has 0 unspecified atom stereocenters. The van der Waals surface area contributed by atoms with E-state index in [0.29, 0.717) is 17.5 Å². The van der Waals surface area contributed by atoms with Gasteiger partial charge in [0.1, 0.15) is 11.6 Å². The fourth-order valence-electron chi connectivity index (χ4n) is 2.00. The van der Waals surface area contributed by atoms with Crippen LogP contribution in [-0.4, -0.2) is 16.9 Å². The summed E-state index contributed by atoms with van der Waals surface area (Å²) in [4.78, 5) is 23.3. The van der Waals surface area contributed by atoms with Gasteiger partial charge < -0.3 is 5.11 Å². The number of aryl methyl sites for hydroxylation is 1. The molecule has 0 aliphatic rings. The van der Waals surface area contributed by atoms with Crippen LogP contribution in [0.15, 0.2) is 48.5 Å². The molecule has 0 atom stereocenters. The largest absolute Gasteiger partial charge is 0.508 e. The SMILES string of the molecule is O=C(CCc1ccccc1O)NNC(=O)Cc1ccc(F)cc1. The molecule has 2 aromatic rings. The van der Waals surface area contributed by atoms with E-state index in [9.17, 15) is 19.1 Å². The highest BCUT2D eigenvalue weighted by atomic mass is 19.1. The molecule has 0 heterocycles. The number of nitrogens with one attached hydrogen (secondary N) is 2. The van der Waals surface area contributed by atoms with Crippen molar-refractivity contribution in [3.8, 4) is 5.75 Å². The van der Waals surface area contributed by atoms with E-state index in [1.807, 2.05) is 0 Å². The highest BCUT2D eigenvalue weighted by Gasteiger charge is 2.07. The fraction of sp³-hybridized carbons (Fsp3) is 0.176. The molecule has 23 heavy (non-hydrogen) atoms. The lowest BCUT2D eigenvalue weighted by Gasteiger charge is -2.08. The maximum absolute atomic E-state index is 12.8. The number of carbonyl (C=O) groups excluding carboxylic acids is 2. The summed E-state index contributed by atoms with van der Waals surface area (Å²) >= 11 is 0. The lowest BCUT2D eigenvalue weighted by Crippen LogP contribution is -2.42. The van der Waals surface area contributed by atoms with Crippen molar-refractivity contribution in [3.63, 3.8) is 0 Å². The molecule has 0 radical (unpaired) electrons. The van der Waals surface area contributed by atoms with Crippen LogP contribution in [0.2, 0.25) is 0 Å². The molecule has 0 aliphatic carbocycles. The molecule has 0 saturated carbocycles. The Labute approximate surface area is 133 Å². The van der Waals surface area contributed by atoms with Crippen LogP contribution in [0.4, 0.5) is 4.39 Å². The zero-order valence-electron chi connectivity index (χ0n) is 12.4. The number of aromatic hydroxyl groups is 1. The molecule has 0 bridgehead atoms. The Morgan fingerprint density at radius 1 is 0.957 bits per heavy atom. The first-order chi connectivity index (χ1) is 11.0. The topological polar surface area (TPSA) is 78.4 Å². The van der Waals surface area contributed by atoms with E-state index in [4.69, 9.17) is 0 Å². The Morgan fingerprint density at radius 2 is 1.61 bits per heavy atom. The molecular weight excluding hydrogens is 299 g/mol. The number of phenolic OH excluding ortho intramolecular Hbond substituents is 1. The van der Waals surface area contributed by atoms with Crippen molar-refractivity contribution in [1.82, 2.24) is 10.9 Å². The lowest BCUT2D eigenvalue weighted by atomic mass is 10.1. The van der Waals surface area contributed by atoms with Crippen LogP contribution in [0.3, 0.4) is 0 Å². The van der Waals surface area contributed by atoms with Gasteiger partial charge in [0.25, 0.3) is 0 Å². The molecule has 2 amide bonds. The number of hydrogen-bond donors (Lipinski definition) is 3. The molecule has 0 aliphatic heterocycles. The van der Waals surface area contributed by atoms with Gasteiger partial charge in [-0.25, -0.2) is 4.39 Å². The molecular formula is C17H17FN2O3. The Hall–Kier alpha value is -2.89. The van der Waals surface area contributed by atoms with Gasteiger partial charge in [-0.05, 0) is 35.7 Å². The summed E-state index contributed by atoms with van der Waals surface area (Å²) in [6.45, 7) is 0. The number of phenols is 1. The van der Waals surface area contributed by atoms with Crippen molar-refractivity contribution in [2.45, 2.75) is 19.3 Å². The fourth-order valence-corrected chi connectivity index (χ4v) is 2.00. The van der Waals surface area contributed by atoms with Crippen LogP contribution in [0.5, 0.6) is 5.75 Å². The molecule has 6 heteroatoms. The third kappa shape index (κ3) is 5.43. The molecule has 3 N–H and O–H groups in total. The first-order valence-electron chi connectivity index (χ1n) is 7.13. The van der Waals surface area contributed by atoms with Gasteiger partial charge in [0, 0.05) is 6.42 Å². The van der Waals surface area contributed by atoms with Crippen LogP contribution in [0, 0.1) is 5.82 Å². The summed E-state index contributed by atoms with van der Waals surface area (Å²) in [6.07, 6.45) is 0.542. The van der Waals surface area contributed by atoms with Gasteiger partial charge in [-0.15, -0.1) is 0 Å². The van der Waals surface area contributed by atoms with E-state index < -0.39 is 5.91 Å². The van der Waals surface area contributed by atoms with Gasteiger partial charge in [-0.1, -0.05) is 30.3 Å². The average Bonchev–Trinajstić information content (AvgIpc) is 2.54. The molecule has 120 valence electrons. The number of carbonyl (C=O) groups is 2. The zero-order chi connectivity index (χ0) is 16.7. The predicted octanol–water partition coefficient (Wildman–Crippen LogP) is 1.85. The van der Waals surface area contributed by atoms with Crippen LogP contribution in [0.1, 0.15) is 17.5 Å². The third-order valence-electron chi connectivity index (χ3n) is 3.23. The standard InChI is InChI=1S/C17H17FN2O3/c18-14-8-5-12(6-9-14)11-17(23)20-19-16(22)10-7-13-3-1-2-4-15(13)21/h1-6,8-9,21H,7,10-11H2,(H,19,22)(H,20,23). The van der Waals surface area contributed by atoms with E-state index >= 15 is 0 Å². The molecule has 0 saturated heterocycles. The maximum Gasteiger partial charge on any atom is 0.242 e. The van der Waals surface area contributed by atoms with Crippen molar-refractivity contribution in [1.29, 1.82) is 0 Å². The Balaban J connectivity index is 1.72. The van der Waals surface area contributed by atoms with Gasteiger partial charge in [-0.3, -0.25) is 20.4 Å². The quantitative estimate of drug-likeness (QED) is 0.737. The molecule has 0 aromatic heterocycles. The first-order valence-corrected chi connectivity index (χ1v) is 7.13. The minimum Gasteiger partial charge on any atom is -0.508 e. The van der Waals surface area contributed by atoms with Crippen LogP contribution >= 0.6 is 0 Å². The molecule has 0 fully saturated rings. The van der Waals surface area contributed by atoms with Crippen LogP contribution in [0.25, 0.3) is 0 Å². The summed E-state index contributed by atoms with van der Waals surface area (Å²) in [5, 5.41) is 9.60. The summed E-state index contributed by atoms with van der Waals surface area (Å²) in [7, 11) is 0. The van der Waals surface area contributed by atoms with Gasteiger partial charge in [0.15, 0.2) is 0 Å². The van der Waals surface area contributed by atoms with Crippen LogP contribution < -0.4 is 10.9 Å². The van der Waals surface area contributed by atoms with Gasteiger partial charge >= 0.3 is 0 Å². The van der Waals surface area contributed by atoms with Crippen molar-refractivity contribution < 1.29 is 19.1 Å². The summed E-state index contributed by atoms with van der Waals surface area (Å²) in [5.41, 5.74) is 5.92. The third-order valence-corrected chi connectivity index (χ3v) is 3.23. The van der Waals surface area contributed by atoms with Gasteiger partial charge in [0.05, 0.1) is 6.42 Å². The van der Waals surface area contributed by atoms with Gasteiger partial charge in [0.2, 0.25) is 11.8 Å². The normalized spacial score (nSPS) is 10.1. The number of amides is 2. The van der Waals surface area contributed by atoms with Crippen molar-refractivity contribution in [3.05, 3.63) is 65.5 Å². The molecule has 0 spiro atoms. The summed E-state index contributed by atoms with van der Waals surface area (Å²) < 4.78 is 12.8. The number of hydrogen-bond acceptors (Lipinski definition) is 3. The average molecular weight is 316 g/mol. The number of benzene rings is 2. The monoisotopic (exact) mass is 316 g/mol. The van der Waals surface area contributed by atoms with Crippen LogP contribution in [-0.2, 0) is 22.4 Å². The second-order valence-electron chi connectivity index (χ2n) is 5.03. The molecule has 2 aromatic carbocycles. The second kappa shape index (κ2) is 7.93.